The van der Waals surface area contributed by atoms with E-state index >= 15 is 0 Å². The molecule has 0 aromatic carbocycles. The Morgan fingerprint density at radius 3 is 2.43 bits per heavy atom. The first-order valence-corrected chi connectivity index (χ1v) is 1.75. The van der Waals surface area contributed by atoms with Gasteiger partial charge in [-0.3, -0.25) is 0 Å². The summed E-state index contributed by atoms with van der Waals surface area (Å²) in [6.45, 7) is 3.68. The Kier molecular flexibility index (Phi) is 11.5. The summed E-state index contributed by atoms with van der Waals surface area (Å²) in [7, 11) is 0. The minimum absolute atomic E-state index is 0. The molecule has 0 radical (unpaired) electrons. The van der Waals surface area contributed by atoms with Gasteiger partial charge in [0.1, 0.15) is 6.61 Å². The van der Waals surface area contributed by atoms with E-state index in [1.165, 1.54) is 6.26 Å². The second-order valence-electron chi connectivity index (χ2n) is 0.761. The van der Waals surface area contributed by atoms with E-state index in [1.807, 2.05) is 0 Å². The van der Waals surface area contributed by atoms with Crippen LogP contribution in [-0.4, -0.2) is 18.3 Å². The van der Waals surface area contributed by atoms with E-state index in [1.54, 1.807) is 0 Å². The molecule has 0 amide bonds. The van der Waals surface area contributed by atoms with Crippen LogP contribution in [0.4, 0.5) is 0 Å². The zero-order valence-corrected chi connectivity index (χ0v) is 10.7. The van der Waals surface area contributed by atoms with Gasteiger partial charge in [0, 0.05) is 0 Å². The van der Waals surface area contributed by atoms with E-state index in [0.29, 0.717) is 6.61 Å². The second kappa shape index (κ2) is 8.82. The number of ether oxygens (including phenoxy) is 1. The molecule has 0 rings (SSSR count). The van der Waals surface area contributed by atoms with E-state index in [-0.39, 0.29) is 6.61 Å². The molecule has 0 atom stereocenters. The Morgan fingerprint density at radius 2 is 2.29 bits per heavy atom. The summed E-state index contributed by atoms with van der Waals surface area (Å²) >= 11 is 0. The Labute approximate surface area is 37.1 Å². The van der Waals surface area contributed by atoms with Gasteiger partial charge in [-0.15, -0.1) is 0 Å². The largest absolute Gasteiger partial charge is 0.499 e. The fourth-order valence-corrected chi connectivity index (χ4v) is 0.136. The Hall–Kier alpha value is -1.50. The molecule has 0 aromatic rings. The van der Waals surface area contributed by atoms with Crippen molar-refractivity contribution in [3.63, 3.8) is 0 Å². The molecule has 0 aliphatic rings. The second-order valence-corrected chi connectivity index (χ2v) is 0.761. The van der Waals surface area contributed by atoms with Crippen LogP contribution in [0.3, 0.4) is 0 Å². The van der Waals surface area contributed by atoms with Crippen molar-refractivity contribution >= 4 is 0 Å². The third-order valence-corrected chi connectivity index (χ3v) is 0.327. The number of aliphatic hydroxyl groups excluding tert-OH is 1. The summed E-state index contributed by atoms with van der Waals surface area (Å²) in [6.07, 6.45) is 1.30. The molecule has 0 saturated carbocycles. The van der Waals surface area contributed by atoms with Crippen molar-refractivity contribution in [2.75, 3.05) is 13.2 Å². The molecule has 0 bridgehead atoms. The molecule has 0 unspecified atom stereocenters. The van der Waals surface area contributed by atoms with Crippen LogP contribution >= 0.6 is 0 Å². The van der Waals surface area contributed by atoms with Crippen molar-refractivity contribution in [1.29, 1.82) is 0 Å². The summed E-state index contributed by atoms with van der Waals surface area (Å²) in [5.41, 5.74) is 0. The zero-order chi connectivity index (χ0) is 4.83. The molecule has 0 aromatic heterocycles. The number of hydrogen-bond donors (Lipinski definition) is 1. The van der Waals surface area contributed by atoms with Crippen LogP contribution in [0, 0.1) is 0 Å². The van der Waals surface area contributed by atoms with Gasteiger partial charge in [0.15, 0.2) is 0 Å². The molecule has 38 valence electrons. The first kappa shape index (κ1) is 9.09. The van der Waals surface area contributed by atoms with Gasteiger partial charge in [0.05, 0.1) is 12.9 Å². The molecule has 1 N–H and O–H groups in total. The van der Waals surface area contributed by atoms with Crippen LogP contribution in [0.5, 0.6) is 0 Å². The smallest absolute Gasteiger partial charge is 0.110 e. The van der Waals surface area contributed by atoms with Crippen molar-refractivity contribution in [2.24, 2.45) is 0 Å². The molecule has 0 heterocycles. The predicted octanol–water partition coefficient (Wildman–Crippen LogP) is 0.139. The molecular formula is C4H8O2Rf. The number of aliphatic hydroxyl groups is 1. The summed E-state index contributed by atoms with van der Waals surface area (Å²) in [6, 6.07) is 0. The zero-order valence-electron chi connectivity index (χ0n) is 4.26. The first-order chi connectivity index (χ1) is 2.91. The van der Waals surface area contributed by atoms with Gasteiger partial charge in [-0.2, -0.15) is 0 Å². The minimum atomic E-state index is 0. The Morgan fingerprint density at radius 1 is 1.71 bits per heavy atom. The SMILES string of the molecule is C=COCCO.[Rf]. The third-order valence-electron chi connectivity index (χ3n) is 0.327. The molecule has 0 aliphatic heterocycles. The van der Waals surface area contributed by atoms with Crippen LogP contribution in [0.15, 0.2) is 12.8 Å². The molecule has 2 nitrogen and oxygen atoms in total. The predicted molar refractivity (Wildman–Crippen MR) is 23.2 cm³/mol. The van der Waals surface area contributed by atoms with Gasteiger partial charge in [-0.25, -0.2) is 0 Å². The van der Waals surface area contributed by atoms with Gasteiger partial charge in [-0.1, -0.05) is 6.58 Å². The summed E-state index contributed by atoms with van der Waals surface area (Å²) in [5, 5.41) is 8.02. The third kappa shape index (κ3) is 12.5. The minimum Gasteiger partial charge on any atom is -0.499 e. The van der Waals surface area contributed by atoms with Crippen molar-refractivity contribution in [3.8, 4) is 0 Å². The molecule has 7 heavy (non-hydrogen) atoms. The van der Waals surface area contributed by atoms with Gasteiger partial charge in [0.2, 0.25) is 0 Å². The summed E-state index contributed by atoms with van der Waals surface area (Å²) in [5.74, 6) is 0. The number of hydrogen-bond acceptors (Lipinski definition) is 2. The maximum atomic E-state index is 8.02. The fourth-order valence-electron chi connectivity index (χ4n) is 0.136. The first-order valence-electron chi connectivity index (χ1n) is 1.75. The quantitative estimate of drug-likeness (QED) is 0.577. The molecular weight excluding hydrogens is 347 g/mol. The molecule has 0 fully saturated rings. The van der Waals surface area contributed by atoms with Gasteiger partial charge in [0.25, 0.3) is 0 Å². The van der Waals surface area contributed by atoms with Crippen LogP contribution < -0.4 is 0 Å². The monoisotopic (exact) mass is 355 g/mol. The Balaban J connectivity index is 0. The van der Waals surface area contributed by atoms with Crippen LogP contribution in [0.25, 0.3) is 0 Å². The van der Waals surface area contributed by atoms with E-state index in [2.05, 4.69) is 11.3 Å². The average Bonchev–Trinajstić information content (AvgIpc) is 1.61. The van der Waals surface area contributed by atoms with Gasteiger partial charge >= 0.3 is 0 Å². The molecule has 0 aliphatic carbocycles. The van der Waals surface area contributed by atoms with Crippen LogP contribution in [0.2, 0.25) is 0 Å². The van der Waals surface area contributed by atoms with E-state index < -0.39 is 0 Å². The van der Waals surface area contributed by atoms with Crippen molar-refractivity contribution < 1.29 is 9.84 Å². The number of rotatable bonds is 3. The van der Waals surface area contributed by atoms with Gasteiger partial charge < -0.3 is 9.84 Å². The molecule has 0 saturated heterocycles. The van der Waals surface area contributed by atoms with E-state index in [0.717, 1.165) is 0 Å². The van der Waals surface area contributed by atoms with Crippen molar-refractivity contribution in [2.45, 2.75) is 0 Å². The summed E-state index contributed by atoms with van der Waals surface area (Å²) in [4.78, 5) is 0. The van der Waals surface area contributed by atoms with Crippen molar-refractivity contribution in [3.05, 3.63) is 12.8 Å². The van der Waals surface area contributed by atoms with E-state index in [9.17, 15) is 0 Å². The maximum Gasteiger partial charge on any atom is 0.110 e. The fraction of sp³-hybridized carbons (Fsp3) is 0.500. The van der Waals surface area contributed by atoms with E-state index in [4.69, 9.17) is 5.11 Å². The maximum absolute atomic E-state index is 8.02. The summed E-state index contributed by atoms with van der Waals surface area (Å²) < 4.78 is 4.50. The van der Waals surface area contributed by atoms with Gasteiger partial charge in [-0.05, 0) is 0 Å². The van der Waals surface area contributed by atoms with Crippen LogP contribution in [0.1, 0.15) is 0 Å². The van der Waals surface area contributed by atoms with Crippen LogP contribution in [-0.2, 0) is 4.74 Å². The standard InChI is InChI=1S/C4H8O2.Rf/c1-2-6-4-3-5;/h2,5H,1,3-4H2;. The molecule has 3 heteroatoms. The average molecular weight is 355 g/mol. The van der Waals surface area contributed by atoms with Crippen molar-refractivity contribution in [1.82, 2.24) is 0 Å². The Bertz CT molecular complexity index is 38.7. The normalized spacial score (nSPS) is 6.43. The topological polar surface area (TPSA) is 29.5 Å². The molecule has 0 spiro atoms.